The number of anilines is 1. The van der Waals surface area contributed by atoms with Crippen molar-refractivity contribution in [1.29, 1.82) is 0 Å². The molecule has 0 fully saturated rings. The molecule has 0 saturated heterocycles. The lowest BCUT2D eigenvalue weighted by atomic mass is 10.2. The number of thiophene rings is 1. The van der Waals surface area contributed by atoms with Gasteiger partial charge >= 0.3 is 0 Å². The highest BCUT2D eigenvalue weighted by Gasteiger charge is 2.17. The smallest absolute Gasteiger partial charge is 0.264 e. The van der Waals surface area contributed by atoms with Crippen LogP contribution in [0, 0.1) is 0 Å². The number of sulfonamides is 1. The molecule has 0 amide bonds. The van der Waals surface area contributed by atoms with Crippen LogP contribution in [0.1, 0.15) is 0 Å². The molecule has 0 saturated carbocycles. The van der Waals surface area contributed by atoms with Gasteiger partial charge in [-0.05, 0) is 35.7 Å². The summed E-state index contributed by atoms with van der Waals surface area (Å²) in [5.41, 5.74) is 1.47. The van der Waals surface area contributed by atoms with E-state index in [1.165, 1.54) is 23.5 Å². The molecular formula is C13H9BrN2O3S2. The largest absolute Gasteiger partial charge is 0.337 e. The monoisotopic (exact) mass is 384 g/mol. The van der Waals surface area contributed by atoms with E-state index in [1.807, 2.05) is 16.8 Å². The van der Waals surface area contributed by atoms with Crippen molar-refractivity contribution < 1.29 is 12.9 Å². The molecule has 8 heteroatoms. The molecule has 0 aliphatic carbocycles. The van der Waals surface area contributed by atoms with Crippen LogP contribution >= 0.6 is 27.3 Å². The first kappa shape index (κ1) is 14.3. The third kappa shape index (κ3) is 3.17. The quantitative estimate of drug-likeness (QED) is 0.738. The molecule has 0 atom stereocenters. The van der Waals surface area contributed by atoms with Gasteiger partial charge in [-0.15, -0.1) is 0 Å². The molecule has 0 aliphatic rings. The number of halogens is 1. The Hall–Kier alpha value is -1.64. The first-order valence-corrected chi connectivity index (χ1v) is 9.04. The van der Waals surface area contributed by atoms with Gasteiger partial charge in [0.15, 0.2) is 0 Å². The zero-order valence-electron chi connectivity index (χ0n) is 10.5. The number of rotatable bonds is 4. The Morgan fingerprint density at radius 3 is 2.62 bits per heavy atom. The van der Waals surface area contributed by atoms with E-state index < -0.39 is 10.0 Å². The molecule has 2 heterocycles. The van der Waals surface area contributed by atoms with Gasteiger partial charge in [0.25, 0.3) is 10.0 Å². The van der Waals surface area contributed by atoms with Crippen LogP contribution in [0.5, 0.6) is 0 Å². The predicted octanol–water partition coefficient (Wildman–Crippen LogP) is 3.97. The average molecular weight is 385 g/mol. The summed E-state index contributed by atoms with van der Waals surface area (Å²) in [5, 5.41) is 7.67. The highest BCUT2D eigenvalue weighted by atomic mass is 79.9. The Morgan fingerprint density at radius 2 is 1.95 bits per heavy atom. The first-order chi connectivity index (χ1) is 10.0. The second-order valence-electron chi connectivity index (χ2n) is 4.15. The lowest BCUT2D eigenvalue weighted by molar-refractivity contribution is 0.438. The van der Waals surface area contributed by atoms with Crippen LogP contribution < -0.4 is 4.72 Å². The minimum absolute atomic E-state index is 0.0825. The number of aromatic nitrogens is 1. The molecule has 2 aromatic heterocycles. The minimum Gasteiger partial charge on any atom is -0.337 e. The zero-order chi connectivity index (χ0) is 14.9. The SMILES string of the molecule is O=S(=O)(Nc1cc(-c2ccsc2)no1)c1ccc(Br)cc1. The van der Waals surface area contributed by atoms with Gasteiger partial charge in [-0.3, -0.25) is 0 Å². The molecule has 3 rings (SSSR count). The molecule has 0 radical (unpaired) electrons. The van der Waals surface area contributed by atoms with Gasteiger partial charge in [-0.1, -0.05) is 21.1 Å². The normalized spacial score (nSPS) is 11.5. The van der Waals surface area contributed by atoms with Crippen molar-refractivity contribution in [3.63, 3.8) is 0 Å². The summed E-state index contributed by atoms with van der Waals surface area (Å²) in [4.78, 5) is 0.152. The standard InChI is InChI=1S/C13H9BrN2O3S2/c14-10-1-3-11(4-2-10)21(17,18)16-13-7-12(15-19-13)9-5-6-20-8-9/h1-8,16H. The molecular weight excluding hydrogens is 376 g/mol. The maximum Gasteiger partial charge on any atom is 0.264 e. The van der Waals surface area contributed by atoms with E-state index in [1.54, 1.807) is 18.2 Å². The summed E-state index contributed by atoms with van der Waals surface area (Å²) in [6, 6.07) is 9.76. The summed E-state index contributed by atoms with van der Waals surface area (Å²) >= 11 is 4.79. The summed E-state index contributed by atoms with van der Waals surface area (Å²) in [6.07, 6.45) is 0. The maximum absolute atomic E-state index is 12.2. The second kappa shape index (κ2) is 5.63. The summed E-state index contributed by atoms with van der Waals surface area (Å²) < 4.78 is 32.6. The number of hydrogen-bond donors (Lipinski definition) is 1. The van der Waals surface area contributed by atoms with Gasteiger partial charge in [0.05, 0.1) is 4.90 Å². The number of hydrogen-bond acceptors (Lipinski definition) is 5. The fourth-order valence-corrected chi connectivity index (χ4v) is 3.56. The molecule has 1 N–H and O–H groups in total. The predicted molar refractivity (Wildman–Crippen MR) is 84.8 cm³/mol. The van der Waals surface area contributed by atoms with Gasteiger partial charge in [0, 0.05) is 21.5 Å². The summed E-state index contributed by atoms with van der Waals surface area (Å²) in [6.45, 7) is 0. The summed E-state index contributed by atoms with van der Waals surface area (Å²) in [5.74, 6) is 0.0825. The van der Waals surface area contributed by atoms with E-state index in [9.17, 15) is 8.42 Å². The van der Waals surface area contributed by atoms with E-state index in [-0.39, 0.29) is 10.8 Å². The van der Waals surface area contributed by atoms with Crippen LogP contribution in [0.25, 0.3) is 11.3 Å². The number of benzene rings is 1. The molecule has 1 aromatic carbocycles. The third-order valence-electron chi connectivity index (χ3n) is 2.69. The maximum atomic E-state index is 12.2. The van der Waals surface area contributed by atoms with Crippen molar-refractivity contribution >= 4 is 43.2 Å². The van der Waals surface area contributed by atoms with Crippen molar-refractivity contribution in [2.75, 3.05) is 4.72 Å². The first-order valence-electron chi connectivity index (χ1n) is 5.82. The number of nitrogens with one attached hydrogen (secondary N) is 1. The van der Waals surface area contributed by atoms with Crippen molar-refractivity contribution in [2.24, 2.45) is 0 Å². The lowest BCUT2D eigenvalue weighted by Crippen LogP contribution is -2.12. The molecule has 0 aliphatic heterocycles. The van der Waals surface area contributed by atoms with Crippen LogP contribution in [-0.4, -0.2) is 13.6 Å². The Morgan fingerprint density at radius 1 is 1.19 bits per heavy atom. The Bertz CT molecular complexity index is 840. The third-order valence-corrected chi connectivity index (χ3v) is 5.26. The fraction of sp³-hybridized carbons (Fsp3) is 0. The van der Waals surface area contributed by atoms with Crippen LogP contribution in [-0.2, 0) is 10.0 Å². The van der Waals surface area contributed by atoms with Crippen LogP contribution in [0.15, 0.2) is 61.0 Å². The molecule has 5 nitrogen and oxygen atoms in total. The molecule has 3 aromatic rings. The van der Waals surface area contributed by atoms with Crippen LogP contribution in [0.3, 0.4) is 0 Å². The Kier molecular flexibility index (Phi) is 3.83. The van der Waals surface area contributed by atoms with Crippen molar-refractivity contribution in [3.8, 4) is 11.3 Å². The van der Waals surface area contributed by atoms with Gasteiger partial charge in [-0.2, -0.15) is 11.3 Å². The highest BCUT2D eigenvalue weighted by Crippen LogP contribution is 2.25. The fourth-order valence-electron chi connectivity index (χ4n) is 1.67. The van der Waals surface area contributed by atoms with E-state index in [0.717, 1.165) is 10.0 Å². The molecule has 0 unspecified atom stereocenters. The Labute approximate surface area is 133 Å². The Balaban J connectivity index is 1.84. The van der Waals surface area contributed by atoms with E-state index in [4.69, 9.17) is 4.52 Å². The number of nitrogens with zero attached hydrogens (tertiary/aromatic N) is 1. The van der Waals surface area contributed by atoms with Crippen molar-refractivity contribution in [3.05, 3.63) is 51.6 Å². The van der Waals surface area contributed by atoms with Gasteiger partial charge in [0.2, 0.25) is 5.88 Å². The molecule has 0 bridgehead atoms. The van der Waals surface area contributed by atoms with Crippen LogP contribution in [0.4, 0.5) is 5.88 Å². The molecule has 108 valence electrons. The summed E-state index contributed by atoms with van der Waals surface area (Å²) in [7, 11) is -3.69. The highest BCUT2D eigenvalue weighted by molar-refractivity contribution is 9.10. The second-order valence-corrected chi connectivity index (χ2v) is 7.53. The topological polar surface area (TPSA) is 72.2 Å². The molecule has 0 spiro atoms. The van der Waals surface area contributed by atoms with E-state index in [0.29, 0.717) is 5.69 Å². The van der Waals surface area contributed by atoms with E-state index >= 15 is 0 Å². The zero-order valence-corrected chi connectivity index (χ0v) is 13.7. The van der Waals surface area contributed by atoms with Gasteiger partial charge in [-0.25, -0.2) is 13.1 Å². The van der Waals surface area contributed by atoms with Crippen molar-refractivity contribution in [1.82, 2.24) is 5.16 Å². The average Bonchev–Trinajstić information content (AvgIpc) is 3.09. The molecule has 21 heavy (non-hydrogen) atoms. The lowest BCUT2D eigenvalue weighted by Gasteiger charge is -2.04. The minimum atomic E-state index is -3.69. The van der Waals surface area contributed by atoms with E-state index in [2.05, 4.69) is 25.8 Å². The van der Waals surface area contributed by atoms with Gasteiger partial charge < -0.3 is 4.52 Å². The van der Waals surface area contributed by atoms with Crippen molar-refractivity contribution in [2.45, 2.75) is 4.90 Å². The van der Waals surface area contributed by atoms with Crippen LogP contribution in [0.2, 0.25) is 0 Å². The van der Waals surface area contributed by atoms with Gasteiger partial charge in [0.1, 0.15) is 5.69 Å².